The molecule has 0 saturated carbocycles. The van der Waals surface area contributed by atoms with Crippen LogP contribution in [0.1, 0.15) is 20.3 Å². The molecular weight excluding hydrogens is 556 g/mol. The van der Waals surface area contributed by atoms with Crippen LogP contribution < -0.4 is 4.90 Å². The Morgan fingerprint density at radius 3 is 1.85 bits per heavy atom. The van der Waals surface area contributed by atoms with Gasteiger partial charge in [-0.1, -0.05) is 136 Å². The number of fused-ring (bicyclic) bond motifs is 5. The molecule has 0 bridgehead atoms. The van der Waals surface area contributed by atoms with Gasteiger partial charge in [-0.3, -0.25) is 0 Å². The fraction of sp³-hybridized carbons (Fsp3) is 0.0909. The standard InChI is InChI=1S/C41H30N2.C3H8/c1-42(33-16-6-3-7-17-33)34-25-22-31(23-26-34)37-20-11-21-38-40(37)41-36-19-9-8-14-30(36)24-27-39(41)43(38)35-18-10-15-32(28-35)29-12-4-2-5-13-29;1-3-2/h2-28H,1H3;3H2,1-2H3. The van der Waals surface area contributed by atoms with Crippen molar-refractivity contribution < 1.29 is 0 Å². The van der Waals surface area contributed by atoms with Gasteiger partial charge in [0.1, 0.15) is 0 Å². The van der Waals surface area contributed by atoms with Gasteiger partial charge in [-0.25, -0.2) is 0 Å². The van der Waals surface area contributed by atoms with E-state index in [-0.39, 0.29) is 0 Å². The summed E-state index contributed by atoms with van der Waals surface area (Å²) < 4.78 is 2.44. The number of para-hydroxylation sites is 1. The quantitative estimate of drug-likeness (QED) is 0.192. The van der Waals surface area contributed by atoms with Crippen LogP contribution in [0, 0.1) is 0 Å². The molecule has 0 radical (unpaired) electrons. The lowest BCUT2D eigenvalue weighted by molar-refractivity contribution is 1.09. The van der Waals surface area contributed by atoms with Gasteiger partial charge in [0.15, 0.2) is 0 Å². The first kappa shape index (κ1) is 29.1. The van der Waals surface area contributed by atoms with E-state index in [9.17, 15) is 0 Å². The first-order valence-corrected chi connectivity index (χ1v) is 16.2. The molecule has 0 aliphatic carbocycles. The molecule has 8 aromatic rings. The fourth-order valence-corrected chi connectivity index (χ4v) is 6.47. The van der Waals surface area contributed by atoms with E-state index in [4.69, 9.17) is 0 Å². The number of hydrogen-bond donors (Lipinski definition) is 0. The summed E-state index contributed by atoms with van der Waals surface area (Å²) in [6.07, 6.45) is 1.25. The Morgan fingerprint density at radius 2 is 1.09 bits per heavy atom. The molecule has 1 aromatic heterocycles. The maximum absolute atomic E-state index is 2.44. The average Bonchev–Trinajstić information content (AvgIpc) is 3.48. The van der Waals surface area contributed by atoms with Crippen molar-refractivity contribution in [2.75, 3.05) is 11.9 Å². The molecule has 7 aromatic carbocycles. The molecule has 0 fully saturated rings. The summed E-state index contributed by atoms with van der Waals surface area (Å²) in [6, 6.07) is 59.0. The molecule has 0 N–H and O–H groups in total. The van der Waals surface area contributed by atoms with E-state index in [2.05, 4.69) is 194 Å². The Hall–Kier alpha value is -5.60. The van der Waals surface area contributed by atoms with Gasteiger partial charge in [-0.05, 0) is 81.6 Å². The molecule has 224 valence electrons. The summed E-state index contributed by atoms with van der Waals surface area (Å²) in [4.78, 5) is 2.23. The van der Waals surface area contributed by atoms with E-state index in [1.807, 2.05) is 0 Å². The summed E-state index contributed by atoms with van der Waals surface area (Å²) in [5.41, 5.74) is 10.8. The minimum atomic E-state index is 1.16. The van der Waals surface area contributed by atoms with Crippen molar-refractivity contribution in [2.24, 2.45) is 0 Å². The van der Waals surface area contributed by atoms with Crippen molar-refractivity contribution >= 4 is 44.0 Å². The Balaban J connectivity index is 0.00000109. The second-order valence-corrected chi connectivity index (χ2v) is 11.8. The molecule has 0 atom stereocenters. The largest absolute Gasteiger partial charge is 0.345 e. The highest BCUT2D eigenvalue weighted by atomic mass is 15.1. The molecule has 1 heterocycles. The van der Waals surface area contributed by atoms with Crippen molar-refractivity contribution in [3.63, 3.8) is 0 Å². The van der Waals surface area contributed by atoms with Crippen LogP contribution in [0.3, 0.4) is 0 Å². The smallest absolute Gasteiger partial charge is 0.0547 e. The van der Waals surface area contributed by atoms with Crippen molar-refractivity contribution in [3.8, 4) is 27.9 Å². The first-order valence-electron chi connectivity index (χ1n) is 16.2. The van der Waals surface area contributed by atoms with Crippen LogP contribution in [0.4, 0.5) is 11.4 Å². The van der Waals surface area contributed by atoms with Gasteiger partial charge < -0.3 is 9.47 Å². The summed E-state index contributed by atoms with van der Waals surface area (Å²) >= 11 is 0. The minimum Gasteiger partial charge on any atom is -0.345 e. The predicted octanol–water partition coefficient (Wildman–Crippen LogP) is 12.5. The van der Waals surface area contributed by atoms with Crippen molar-refractivity contribution in [1.82, 2.24) is 4.57 Å². The molecule has 2 nitrogen and oxygen atoms in total. The van der Waals surface area contributed by atoms with E-state index in [1.165, 1.54) is 66.9 Å². The average molecular weight is 595 g/mol. The van der Waals surface area contributed by atoms with Crippen LogP contribution in [0.15, 0.2) is 164 Å². The summed E-state index contributed by atoms with van der Waals surface area (Å²) in [5.74, 6) is 0. The molecule has 8 rings (SSSR count). The van der Waals surface area contributed by atoms with E-state index >= 15 is 0 Å². The lowest BCUT2D eigenvalue weighted by Gasteiger charge is -2.20. The predicted molar refractivity (Wildman–Crippen MR) is 200 cm³/mol. The van der Waals surface area contributed by atoms with Crippen molar-refractivity contribution in [1.29, 1.82) is 0 Å². The van der Waals surface area contributed by atoms with E-state index in [1.54, 1.807) is 0 Å². The topological polar surface area (TPSA) is 8.17 Å². The maximum atomic E-state index is 2.44. The Morgan fingerprint density at radius 1 is 0.478 bits per heavy atom. The third kappa shape index (κ3) is 5.33. The molecule has 2 heteroatoms. The number of benzene rings is 7. The number of rotatable bonds is 5. The zero-order valence-corrected chi connectivity index (χ0v) is 26.7. The van der Waals surface area contributed by atoms with Crippen LogP contribution in [0.2, 0.25) is 0 Å². The van der Waals surface area contributed by atoms with Crippen LogP contribution in [0.25, 0.3) is 60.5 Å². The Labute approximate surface area is 271 Å². The highest BCUT2D eigenvalue weighted by Gasteiger charge is 2.18. The zero-order valence-electron chi connectivity index (χ0n) is 26.7. The lowest BCUT2D eigenvalue weighted by Crippen LogP contribution is -2.08. The number of anilines is 2. The van der Waals surface area contributed by atoms with Gasteiger partial charge in [0.25, 0.3) is 0 Å². The third-order valence-corrected chi connectivity index (χ3v) is 8.60. The third-order valence-electron chi connectivity index (χ3n) is 8.60. The first-order chi connectivity index (χ1) is 22.7. The molecule has 0 spiro atoms. The summed E-state index contributed by atoms with van der Waals surface area (Å²) in [7, 11) is 2.12. The molecular formula is C44H38N2. The van der Waals surface area contributed by atoms with E-state index in [0.29, 0.717) is 0 Å². The summed E-state index contributed by atoms with van der Waals surface area (Å²) in [5, 5.41) is 5.10. The highest BCUT2D eigenvalue weighted by molar-refractivity contribution is 6.25. The fourth-order valence-electron chi connectivity index (χ4n) is 6.47. The molecule has 0 saturated heterocycles. The Bertz CT molecular complexity index is 2240. The SMILES string of the molecule is CCC.CN(c1ccccc1)c1ccc(-c2cccc3c2c2c4ccccc4ccc2n3-c2cccc(-c3ccccc3)c2)cc1. The van der Waals surface area contributed by atoms with E-state index < -0.39 is 0 Å². The second kappa shape index (κ2) is 12.8. The van der Waals surface area contributed by atoms with Gasteiger partial charge in [0.2, 0.25) is 0 Å². The number of aromatic nitrogens is 1. The van der Waals surface area contributed by atoms with Crippen LogP contribution >= 0.6 is 0 Å². The number of hydrogen-bond acceptors (Lipinski definition) is 1. The van der Waals surface area contributed by atoms with Gasteiger partial charge >= 0.3 is 0 Å². The normalized spacial score (nSPS) is 11.0. The molecule has 46 heavy (non-hydrogen) atoms. The highest BCUT2D eigenvalue weighted by Crippen LogP contribution is 2.42. The maximum Gasteiger partial charge on any atom is 0.0547 e. The summed E-state index contributed by atoms with van der Waals surface area (Å²) in [6.45, 7) is 4.25. The van der Waals surface area contributed by atoms with Crippen LogP contribution in [-0.2, 0) is 0 Å². The van der Waals surface area contributed by atoms with Crippen molar-refractivity contribution in [3.05, 3.63) is 164 Å². The molecule has 0 aliphatic heterocycles. The zero-order chi connectivity index (χ0) is 31.5. The molecule has 0 unspecified atom stereocenters. The second-order valence-electron chi connectivity index (χ2n) is 11.8. The van der Waals surface area contributed by atoms with Gasteiger partial charge in [0, 0.05) is 34.9 Å². The van der Waals surface area contributed by atoms with Gasteiger partial charge in [-0.2, -0.15) is 0 Å². The molecule has 0 amide bonds. The van der Waals surface area contributed by atoms with Crippen molar-refractivity contribution in [2.45, 2.75) is 20.3 Å². The van der Waals surface area contributed by atoms with Crippen LogP contribution in [-0.4, -0.2) is 11.6 Å². The number of nitrogens with zero attached hydrogens (tertiary/aromatic N) is 2. The van der Waals surface area contributed by atoms with E-state index in [0.717, 1.165) is 11.4 Å². The Kier molecular flexibility index (Phi) is 8.10. The van der Waals surface area contributed by atoms with Crippen LogP contribution in [0.5, 0.6) is 0 Å². The lowest BCUT2D eigenvalue weighted by atomic mass is 9.96. The monoisotopic (exact) mass is 594 g/mol. The molecule has 0 aliphatic rings. The minimum absolute atomic E-state index is 1.16. The van der Waals surface area contributed by atoms with Gasteiger partial charge in [0.05, 0.1) is 11.0 Å². The van der Waals surface area contributed by atoms with Gasteiger partial charge in [-0.15, -0.1) is 0 Å².